The van der Waals surface area contributed by atoms with E-state index in [1.54, 1.807) is 19.9 Å². The van der Waals surface area contributed by atoms with Crippen molar-refractivity contribution in [2.24, 2.45) is 0 Å². The fourth-order valence-electron chi connectivity index (χ4n) is 2.51. The molecule has 2 aromatic heterocycles. The van der Waals surface area contributed by atoms with Crippen LogP contribution in [0.5, 0.6) is 0 Å². The van der Waals surface area contributed by atoms with Gasteiger partial charge in [-0.1, -0.05) is 6.07 Å². The van der Waals surface area contributed by atoms with Crippen molar-refractivity contribution < 1.29 is 4.79 Å². The molecule has 122 valence electrons. The molecule has 0 aliphatic heterocycles. The SMILES string of the molecule is Cc1cccc(C[C@@H](C)NC(=O)Cn2c(C)cc(C)nc2=O)n1. The minimum atomic E-state index is -0.398. The first-order chi connectivity index (χ1) is 10.8. The van der Waals surface area contributed by atoms with Gasteiger partial charge in [-0.2, -0.15) is 4.98 Å². The van der Waals surface area contributed by atoms with Gasteiger partial charge in [-0.3, -0.25) is 14.3 Å². The van der Waals surface area contributed by atoms with Crippen LogP contribution in [0.3, 0.4) is 0 Å². The zero-order chi connectivity index (χ0) is 17.0. The number of hydrogen-bond donors (Lipinski definition) is 1. The van der Waals surface area contributed by atoms with E-state index in [9.17, 15) is 9.59 Å². The van der Waals surface area contributed by atoms with Crippen LogP contribution in [0.25, 0.3) is 0 Å². The molecule has 0 saturated heterocycles. The standard InChI is InChI=1S/C17H22N4O2/c1-11-6-5-7-15(18-11)9-13(3)19-16(22)10-21-14(4)8-12(2)20-17(21)23/h5-8,13H,9-10H2,1-4H3,(H,19,22)/t13-/m1/s1. The number of nitrogens with zero attached hydrogens (tertiary/aromatic N) is 3. The van der Waals surface area contributed by atoms with Crippen molar-refractivity contribution in [1.29, 1.82) is 0 Å². The number of aromatic nitrogens is 3. The third kappa shape index (κ3) is 4.74. The molecule has 0 fully saturated rings. The van der Waals surface area contributed by atoms with Gasteiger partial charge in [0.15, 0.2) is 0 Å². The quantitative estimate of drug-likeness (QED) is 0.903. The molecule has 2 heterocycles. The summed E-state index contributed by atoms with van der Waals surface area (Å²) in [5.74, 6) is -0.207. The molecule has 23 heavy (non-hydrogen) atoms. The summed E-state index contributed by atoms with van der Waals surface area (Å²) in [4.78, 5) is 32.3. The van der Waals surface area contributed by atoms with Crippen molar-refractivity contribution in [3.8, 4) is 0 Å². The fourth-order valence-corrected chi connectivity index (χ4v) is 2.51. The van der Waals surface area contributed by atoms with Crippen LogP contribution in [-0.4, -0.2) is 26.5 Å². The Kier molecular flexibility index (Phi) is 5.26. The Hall–Kier alpha value is -2.50. The molecule has 0 spiro atoms. The van der Waals surface area contributed by atoms with E-state index in [1.165, 1.54) is 4.57 Å². The van der Waals surface area contributed by atoms with E-state index in [1.807, 2.05) is 32.0 Å². The number of carbonyl (C=O) groups is 1. The molecular formula is C17H22N4O2. The molecule has 0 aliphatic carbocycles. The number of rotatable bonds is 5. The summed E-state index contributed by atoms with van der Waals surface area (Å²) in [6, 6.07) is 7.55. The normalized spacial score (nSPS) is 12.0. The maximum atomic E-state index is 12.2. The van der Waals surface area contributed by atoms with Crippen LogP contribution in [0.1, 0.15) is 29.7 Å². The molecular weight excluding hydrogens is 292 g/mol. The Balaban J connectivity index is 1.98. The van der Waals surface area contributed by atoms with Gasteiger partial charge in [-0.25, -0.2) is 4.79 Å². The maximum Gasteiger partial charge on any atom is 0.348 e. The molecule has 2 rings (SSSR count). The van der Waals surface area contributed by atoms with Gasteiger partial charge >= 0.3 is 5.69 Å². The lowest BCUT2D eigenvalue weighted by Crippen LogP contribution is -2.39. The minimum Gasteiger partial charge on any atom is -0.352 e. The molecule has 0 unspecified atom stereocenters. The number of carbonyl (C=O) groups excluding carboxylic acids is 1. The van der Waals surface area contributed by atoms with E-state index in [4.69, 9.17) is 0 Å². The van der Waals surface area contributed by atoms with Crippen LogP contribution in [0, 0.1) is 20.8 Å². The van der Waals surface area contributed by atoms with Gasteiger partial charge in [0.25, 0.3) is 0 Å². The predicted molar refractivity (Wildman–Crippen MR) is 88.3 cm³/mol. The van der Waals surface area contributed by atoms with E-state index in [0.29, 0.717) is 12.1 Å². The Morgan fingerprint density at radius 3 is 2.61 bits per heavy atom. The van der Waals surface area contributed by atoms with Gasteiger partial charge in [0, 0.05) is 35.2 Å². The molecule has 0 bridgehead atoms. The third-order valence-electron chi connectivity index (χ3n) is 3.52. The largest absolute Gasteiger partial charge is 0.352 e. The smallest absolute Gasteiger partial charge is 0.348 e. The predicted octanol–water partition coefficient (Wildman–Crippen LogP) is 1.31. The molecule has 1 N–H and O–H groups in total. The van der Waals surface area contributed by atoms with E-state index < -0.39 is 5.69 Å². The van der Waals surface area contributed by atoms with E-state index >= 15 is 0 Å². The second-order valence-electron chi connectivity index (χ2n) is 5.85. The monoisotopic (exact) mass is 314 g/mol. The van der Waals surface area contributed by atoms with Gasteiger partial charge in [0.1, 0.15) is 6.54 Å². The summed E-state index contributed by atoms with van der Waals surface area (Å²) in [7, 11) is 0. The van der Waals surface area contributed by atoms with Crippen molar-refractivity contribution in [2.45, 2.75) is 46.7 Å². The average molecular weight is 314 g/mol. The lowest BCUT2D eigenvalue weighted by atomic mass is 10.1. The minimum absolute atomic E-state index is 0.0243. The highest BCUT2D eigenvalue weighted by molar-refractivity contribution is 5.76. The molecule has 6 heteroatoms. The van der Waals surface area contributed by atoms with Gasteiger partial charge in [0.05, 0.1) is 0 Å². The van der Waals surface area contributed by atoms with Crippen LogP contribution in [0.4, 0.5) is 0 Å². The number of nitrogens with one attached hydrogen (secondary N) is 1. The van der Waals surface area contributed by atoms with Crippen LogP contribution >= 0.6 is 0 Å². The molecule has 1 atom stereocenters. The summed E-state index contributed by atoms with van der Waals surface area (Å²) < 4.78 is 1.37. The first-order valence-electron chi connectivity index (χ1n) is 7.62. The summed E-state index contributed by atoms with van der Waals surface area (Å²) >= 11 is 0. The summed E-state index contributed by atoms with van der Waals surface area (Å²) in [5, 5.41) is 2.90. The van der Waals surface area contributed by atoms with Gasteiger partial charge in [-0.05, 0) is 45.9 Å². The molecule has 2 aromatic rings. The van der Waals surface area contributed by atoms with E-state index in [0.717, 1.165) is 17.1 Å². The zero-order valence-corrected chi connectivity index (χ0v) is 14.0. The van der Waals surface area contributed by atoms with Crippen molar-refractivity contribution in [2.75, 3.05) is 0 Å². The Bertz CT molecular complexity index is 767. The van der Waals surface area contributed by atoms with Crippen LogP contribution in [-0.2, 0) is 17.8 Å². The van der Waals surface area contributed by atoms with E-state index in [2.05, 4.69) is 15.3 Å². The van der Waals surface area contributed by atoms with Gasteiger partial charge in [0.2, 0.25) is 5.91 Å². The molecule has 0 saturated carbocycles. The third-order valence-corrected chi connectivity index (χ3v) is 3.52. The molecule has 6 nitrogen and oxygen atoms in total. The lowest BCUT2D eigenvalue weighted by molar-refractivity contribution is -0.122. The Labute approximate surface area is 135 Å². The first kappa shape index (κ1) is 16.9. The summed E-state index contributed by atoms with van der Waals surface area (Å²) in [6.45, 7) is 7.39. The first-order valence-corrected chi connectivity index (χ1v) is 7.62. The van der Waals surface area contributed by atoms with Crippen molar-refractivity contribution in [1.82, 2.24) is 19.9 Å². The molecule has 0 aliphatic rings. The highest BCUT2D eigenvalue weighted by atomic mass is 16.2. The van der Waals surface area contributed by atoms with Crippen molar-refractivity contribution in [3.05, 3.63) is 57.5 Å². The number of amides is 1. The zero-order valence-electron chi connectivity index (χ0n) is 14.0. The number of pyridine rings is 1. The Morgan fingerprint density at radius 2 is 1.96 bits per heavy atom. The highest BCUT2D eigenvalue weighted by Crippen LogP contribution is 2.02. The second kappa shape index (κ2) is 7.17. The topological polar surface area (TPSA) is 76.9 Å². The van der Waals surface area contributed by atoms with Crippen molar-refractivity contribution in [3.63, 3.8) is 0 Å². The van der Waals surface area contributed by atoms with Crippen molar-refractivity contribution >= 4 is 5.91 Å². The summed E-state index contributed by atoms with van der Waals surface area (Å²) in [6.07, 6.45) is 0.646. The van der Waals surface area contributed by atoms with Crippen LogP contribution in [0.2, 0.25) is 0 Å². The fraction of sp³-hybridized carbons (Fsp3) is 0.412. The molecule has 0 aromatic carbocycles. The highest BCUT2D eigenvalue weighted by Gasteiger charge is 2.12. The average Bonchev–Trinajstić information content (AvgIpc) is 2.42. The maximum absolute atomic E-state index is 12.2. The summed E-state index contributed by atoms with van der Waals surface area (Å²) in [5.41, 5.74) is 2.87. The molecule has 0 radical (unpaired) electrons. The van der Waals surface area contributed by atoms with Gasteiger partial charge < -0.3 is 5.32 Å². The van der Waals surface area contributed by atoms with Crippen LogP contribution < -0.4 is 11.0 Å². The molecule has 1 amide bonds. The number of hydrogen-bond acceptors (Lipinski definition) is 4. The Morgan fingerprint density at radius 1 is 1.22 bits per heavy atom. The van der Waals surface area contributed by atoms with E-state index in [-0.39, 0.29) is 18.5 Å². The van der Waals surface area contributed by atoms with Gasteiger partial charge in [-0.15, -0.1) is 0 Å². The lowest BCUT2D eigenvalue weighted by Gasteiger charge is -2.15. The number of aryl methyl sites for hydroxylation is 3. The van der Waals surface area contributed by atoms with Crippen LogP contribution in [0.15, 0.2) is 29.1 Å². The second-order valence-corrected chi connectivity index (χ2v) is 5.85.